The van der Waals surface area contributed by atoms with Crippen molar-refractivity contribution >= 4 is 5.91 Å². The summed E-state index contributed by atoms with van der Waals surface area (Å²) in [5, 5.41) is 12.0. The van der Waals surface area contributed by atoms with Crippen molar-refractivity contribution < 1.29 is 23.4 Å². The van der Waals surface area contributed by atoms with E-state index < -0.39 is 12.2 Å². The molecule has 0 aliphatic rings. The fourth-order valence-electron chi connectivity index (χ4n) is 1.19. The van der Waals surface area contributed by atoms with Gasteiger partial charge >= 0.3 is 6.61 Å². The smallest absolute Gasteiger partial charge is 0.387 e. The molecule has 0 bridgehead atoms. The lowest BCUT2D eigenvalue weighted by atomic mass is 10.1. The maximum atomic E-state index is 11.9. The number of nitrogens with one attached hydrogen (secondary N) is 1. The van der Waals surface area contributed by atoms with Crippen LogP contribution in [0.5, 0.6) is 5.75 Å². The van der Waals surface area contributed by atoms with E-state index in [1.807, 2.05) is 0 Å². The van der Waals surface area contributed by atoms with Gasteiger partial charge in [-0.05, 0) is 38.1 Å². The highest BCUT2D eigenvalue weighted by Crippen LogP contribution is 2.14. The molecule has 0 heterocycles. The standard InChI is InChI=1S/C12H15F2NO3/c1-12(2,17)7-15-10(16)8-3-5-9(6-4-8)18-11(13)14/h3-6,11,17H,7H2,1-2H3,(H,15,16). The monoisotopic (exact) mass is 259 g/mol. The van der Waals surface area contributed by atoms with Gasteiger partial charge in [0, 0.05) is 12.1 Å². The highest BCUT2D eigenvalue weighted by Gasteiger charge is 2.14. The molecule has 1 aromatic carbocycles. The lowest BCUT2D eigenvalue weighted by Gasteiger charge is -2.17. The number of hydrogen-bond donors (Lipinski definition) is 2. The van der Waals surface area contributed by atoms with E-state index >= 15 is 0 Å². The molecule has 18 heavy (non-hydrogen) atoms. The van der Waals surface area contributed by atoms with E-state index in [0.717, 1.165) is 0 Å². The van der Waals surface area contributed by atoms with Crippen LogP contribution in [0.25, 0.3) is 0 Å². The molecule has 0 aliphatic heterocycles. The summed E-state index contributed by atoms with van der Waals surface area (Å²) in [4.78, 5) is 11.6. The molecule has 1 rings (SSSR count). The van der Waals surface area contributed by atoms with Crippen molar-refractivity contribution in [2.75, 3.05) is 6.54 Å². The summed E-state index contributed by atoms with van der Waals surface area (Å²) in [5.41, 5.74) is -0.699. The van der Waals surface area contributed by atoms with Gasteiger partial charge in [-0.3, -0.25) is 4.79 Å². The Labute approximate surface area is 104 Å². The van der Waals surface area contributed by atoms with Crippen molar-refractivity contribution in [1.82, 2.24) is 5.32 Å². The summed E-state index contributed by atoms with van der Waals surface area (Å²) in [6, 6.07) is 5.31. The van der Waals surface area contributed by atoms with E-state index in [2.05, 4.69) is 10.1 Å². The first-order chi connectivity index (χ1) is 8.28. The van der Waals surface area contributed by atoms with E-state index in [1.54, 1.807) is 13.8 Å². The Kier molecular flexibility index (Phi) is 4.61. The number of benzene rings is 1. The number of carbonyl (C=O) groups is 1. The third-order valence-corrected chi connectivity index (χ3v) is 2.02. The minimum absolute atomic E-state index is 0.0101. The van der Waals surface area contributed by atoms with Gasteiger partial charge in [-0.1, -0.05) is 0 Å². The Balaban J connectivity index is 2.59. The number of hydrogen-bond acceptors (Lipinski definition) is 3. The largest absolute Gasteiger partial charge is 0.435 e. The van der Waals surface area contributed by atoms with Crippen LogP contribution in [-0.2, 0) is 0 Å². The molecule has 1 aromatic rings. The van der Waals surface area contributed by atoms with Crippen LogP contribution in [0.4, 0.5) is 8.78 Å². The van der Waals surface area contributed by atoms with E-state index in [-0.39, 0.29) is 18.2 Å². The zero-order valence-electron chi connectivity index (χ0n) is 10.1. The Morgan fingerprint density at radius 2 is 1.94 bits per heavy atom. The van der Waals surface area contributed by atoms with Gasteiger partial charge in [0.25, 0.3) is 5.91 Å². The number of alkyl halides is 2. The van der Waals surface area contributed by atoms with E-state index in [1.165, 1.54) is 24.3 Å². The van der Waals surface area contributed by atoms with Crippen molar-refractivity contribution in [2.45, 2.75) is 26.1 Å². The van der Waals surface area contributed by atoms with Gasteiger partial charge in [0.05, 0.1) is 5.60 Å². The SMILES string of the molecule is CC(C)(O)CNC(=O)c1ccc(OC(F)F)cc1. The zero-order valence-corrected chi connectivity index (χ0v) is 10.1. The van der Waals surface area contributed by atoms with Crippen LogP contribution in [-0.4, -0.2) is 29.8 Å². The van der Waals surface area contributed by atoms with Crippen LogP contribution < -0.4 is 10.1 Å². The first-order valence-electron chi connectivity index (χ1n) is 5.33. The second-order valence-electron chi connectivity index (χ2n) is 4.40. The Morgan fingerprint density at radius 3 is 2.39 bits per heavy atom. The minimum Gasteiger partial charge on any atom is -0.435 e. The quantitative estimate of drug-likeness (QED) is 0.847. The number of carbonyl (C=O) groups excluding carboxylic acids is 1. The molecule has 0 aromatic heterocycles. The number of aliphatic hydroxyl groups is 1. The number of halogens is 2. The lowest BCUT2D eigenvalue weighted by molar-refractivity contribution is -0.0498. The van der Waals surface area contributed by atoms with Crippen molar-refractivity contribution in [3.8, 4) is 5.75 Å². The maximum absolute atomic E-state index is 11.9. The normalized spacial score (nSPS) is 11.4. The van der Waals surface area contributed by atoms with Gasteiger partial charge in [-0.2, -0.15) is 8.78 Å². The van der Waals surface area contributed by atoms with Crippen LogP contribution in [0.15, 0.2) is 24.3 Å². The van der Waals surface area contributed by atoms with Gasteiger partial charge in [-0.15, -0.1) is 0 Å². The predicted octanol–water partition coefficient (Wildman–Crippen LogP) is 1.79. The van der Waals surface area contributed by atoms with E-state index in [4.69, 9.17) is 0 Å². The molecule has 0 radical (unpaired) electrons. The van der Waals surface area contributed by atoms with Crippen molar-refractivity contribution in [3.05, 3.63) is 29.8 Å². The first-order valence-corrected chi connectivity index (χ1v) is 5.33. The topological polar surface area (TPSA) is 58.6 Å². The van der Waals surface area contributed by atoms with Crippen LogP contribution in [0, 0.1) is 0 Å². The summed E-state index contributed by atoms with van der Waals surface area (Å²) in [6.45, 7) is 0.334. The molecule has 0 spiro atoms. The fraction of sp³-hybridized carbons (Fsp3) is 0.417. The number of rotatable bonds is 5. The highest BCUT2D eigenvalue weighted by molar-refractivity contribution is 5.94. The lowest BCUT2D eigenvalue weighted by Crippen LogP contribution is -2.38. The molecule has 1 amide bonds. The molecule has 4 nitrogen and oxygen atoms in total. The minimum atomic E-state index is -2.89. The molecule has 0 saturated heterocycles. The summed E-state index contributed by atoms with van der Waals surface area (Å²) in [7, 11) is 0. The second kappa shape index (κ2) is 5.77. The molecule has 0 fully saturated rings. The molecule has 0 aliphatic carbocycles. The second-order valence-corrected chi connectivity index (χ2v) is 4.40. The van der Waals surface area contributed by atoms with Gasteiger partial charge in [-0.25, -0.2) is 0 Å². The molecule has 2 N–H and O–H groups in total. The van der Waals surface area contributed by atoms with Gasteiger partial charge in [0.1, 0.15) is 5.75 Å². The van der Waals surface area contributed by atoms with Gasteiger partial charge in [0.2, 0.25) is 0 Å². The van der Waals surface area contributed by atoms with Gasteiger partial charge < -0.3 is 15.2 Å². The van der Waals surface area contributed by atoms with Crippen molar-refractivity contribution in [2.24, 2.45) is 0 Å². The summed E-state index contributed by atoms with van der Waals surface area (Å²) in [5.74, 6) is -0.398. The van der Waals surface area contributed by atoms with Crippen LogP contribution in [0.3, 0.4) is 0 Å². The third kappa shape index (κ3) is 5.09. The zero-order chi connectivity index (χ0) is 13.8. The fourth-order valence-corrected chi connectivity index (χ4v) is 1.19. The highest BCUT2D eigenvalue weighted by atomic mass is 19.3. The average molecular weight is 259 g/mol. The number of ether oxygens (including phenoxy) is 1. The molecule has 0 saturated carbocycles. The van der Waals surface area contributed by atoms with Crippen molar-refractivity contribution in [3.63, 3.8) is 0 Å². The number of amides is 1. The van der Waals surface area contributed by atoms with Crippen LogP contribution in [0.2, 0.25) is 0 Å². The Hall–Kier alpha value is -1.69. The average Bonchev–Trinajstić information content (AvgIpc) is 2.25. The predicted molar refractivity (Wildman–Crippen MR) is 61.7 cm³/mol. The Bertz CT molecular complexity index is 399. The van der Waals surface area contributed by atoms with E-state index in [9.17, 15) is 18.7 Å². The summed E-state index contributed by atoms with van der Waals surface area (Å²) < 4.78 is 28.0. The molecule has 100 valence electrons. The van der Waals surface area contributed by atoms with Crippen molar-refractivity contribution in [1.29, 1.82) is 0 Å². The van der Waals surface area contributed by atoms with Crippen LogP contribution >= 0.6 is 0 Å². The van der Waals surface area contributed by atoms with E-state index in [0.29, 0.717) is 5.56 Å². The molecular formula is C12H15F2NO3. The summed E-state index contributed by atoms with van der Waals surface area (Å²) in [6.07, 6.45) is 0. The molecular weight excluding hydrogens is 244 g/mol. The van der Waals surface area contributed by atoms with Crippen LogP contribution in [0.1, 0.15) is 24.2 Å². The first kappa shape index (κ1) is 14.4. The third-order valence-electron chi connectivity index (χ3n) is 2.02. The Morgan fingerprint density at radius 1 is 1.39 bits per heavy atom. The maximum Gasteiger partial charge on any atom is 0.387 e. The van der Waals surface area contributed by atoms with Gasteiger partial charge in [0.15, 0.2) is 0 Å². The molecule has 6 heteroatoms. The molecule has 0 atom stereocenters. The molecule has 0 unspecified atom stereocenters. The summed E-state index contributed by atoms with van der Waals surface area (Å²) >= 11 is 0.